The van der Waals surface area contributed by atoms with E-state index in [0.717, 1.165) is 10.2 Å². The predicted molar refractivity (Wildman–Crippen MR) is 71.6 cm³/mol. The van der Waals surface area contributed by atoms with Gasteiger partial charge in [0.15, 0.2) is 0 Å². The van der Waals surface area contributed by atoms with Crippen LogP contribution in [-0.2, 0) is 4.74 Å². The van der Waals surface area contributed by atoms with Gasteiger partial charge in [0.05, 0.1) is 18.5 Å². The maximum Gasteiger partial charge on any atom is 0.343 e. The van der Waals surface area contributed by atoms with Gasteiger partial charge in [-0.3, -0.25) is 0 Å². The third-order valence-corrected chi connectivity index (χ3v) is 2.85. The van der Waals surface area contributed by atoms with Crippen molar-refractivity contribution in [2.75, 3.05) is 12.3 Å². The second-order valence-electron chi connectivity index (χ2n) is 3.56. The smallest absolute Gasteiger partial charge is 0.343 e. The van der Waals surface area contributed by atoms with E-state index in [1.54, 1.807) is 6.92 Å². The zero-order chi connectivity index (χ0) is 13.1. The molecule has 5 nitrogen and oxygen atoms in total. The van der Waals surface area contributed by atoms with Gasteiger partial charge in [-0.2, -0.15) is 5.10 Å². The lowest BCUT2D eigenvalue weighted by atomic mass is 10.3. The Morgan fingerprint density at radius 3 is 3.00 bits per heavy atom. The molecule has 94 valence electrons. The highest BCUT2D eigenvalue weighted by atomic mass is 79.9. The fourth-order valence-corrected chi connectivity index (χ4v) is 1.92. The Balaban J connectivity index is 2.39. The first-order valence-electron chi connectivity index (χ1n) is 5.40. The van der Waals surface area contributed by atoms with Crippen LogP contribution < -0.4 is 5.73 Å². The molecule has 0 saturated heterocycles. The second-order valence-corrected chi connectivity index (χ2v) is 4.47. The van der Waals surface area contributed by atoms with Crippen molar-refractivity contribution in [2.45, 2.75) is 6.92 Å². The van der Waals surface area contributed by atoms with Crippen LogP contribution in [0.2, 0.25) is 0 Å². The third-order valence-electron chi connectivity index (χ3n) is 2.35. The van der Waals surface area contributed by atoms with E-state index in [0.29, 0.717) is 6.61 Å². The van der Waals surface area contributed by atoms with Crippen LogP contribution in [0.4, 0.5) is 5.82 Å². The molecule has 0 atom stereocenters. The summed E-state index contributed by atoms with van der Waals surface area (Å²) in [4.78, 5) is 11.6. The Labute approximate surface area is 113 Å². The fourth-order valence-electron chi connectivity index (χ4n) is 1.54. The molecule has 0 spiro atoms. The van der Waals surface area contributed by atoms with E-state index >= 15 is 0 Å². The highest BCUT2D eigenvalue weighted by Gasteiger charge is 2.16. The summed E-state index contributed by atoms with van der Waals surface area (Å²) in [6.45, 7) is 2.05. The van der Waals surface area contributed by atoms with Crippen molar-refractivity contribution in [3.63, 3.8) is 0 Å². The normalized spacial score (nSPS) is 10.3. The predicted octanol–water partition coefficient (Wildman–Crippen LogP) is 2.39. The highest BCUT2D eigenvalue weighted by molar-refractivity contribution is 9.10. The minimum absolute atomic E-state index is 0.270. The Bertz CT molecular complexity index is 580. The first-order valence-corrected chi connectivity index (χ1v) is 6.19. The molecule has 18 heavy (non-hydrogen) atoms. The molecule has 0 aliphatic heterocycles. The summed E-state index contributed by atoms with van der Waals surface area (Å²) in [7, 11) is 0. The maximum atomic E-state index is 11.6. The van der Waals surface area contributed by atoms with E-state index in [1.807, 2.05) is 24.3 Å². The Hall–Kier alpha value is -1.82. The van der Waals surface area contributed by atoms with Gasteiger partial charge >= 0.3 is 5.97 Å². The molecule has 2 aromatic rings. The van der Waals surface area contributed by atoms with E-state index < -0.39 is 5.97 Å². The van der Waals surface area contributed by atoms with Gasteiger partial charge in [0.2, 0.25) is 0 Å². The number of nitrogen functional groups attached to an aromatic ring is 1. The van der Waals surface area contributed by atoms with E-state index in [4.69, 9.17) is 10.5 Å². The number of hydrogen-bond acceptors (Lipinski definition) is 4. The van der Waals surface area contributed by atoms with Gasteiger partial charge in [0.25, 0.3) is 0 Å². The number of rotatable bonds is 3. The number of carbonyl (C=O) groups excluding carboxylic acids is 1. The Kier molecular flexibility index (Phi) is 3.66. The third kappa shape index (κ3) is 2.38. The summed E-state index contributed by atoms with van der Waals surface area (Å²) in [5.41, 5.74) is 6.95. The molecule has 0 fully saturated rings. The fraction of sp³-hybridized carbons (Fsp3) is 0.167. The van der Waals surface area contributed by atoms with Crippen LogP contribution in [0, 0.1) is 0 Å². The molecule has 0 bridgehead atoms. The molecule has 1 heterocycles. The highest BCUT2D eigenvalue weighted by Crippen LogP contribution is 2.20. The molecule has 0 aliphatic rings. The van der Waals surface area contributed by atoms with Crippen molar-refractivity contribution in [2.24, 2.45) is 0 Å². The minimum Gasteiger partial charge on any atom is -0.462 e. The largest absolute Gasteiger partial charge is 0.462 e. The number of benzene rings is 1. The number of hydrogen-bond donors (Lipinski definition) is 1. The molecule has 1 aromatic carbocycles. The van der Waals surface area contributed by atoms with E-state index in [1.165, 1.54) is 10.9 Å². The number of esters is 1. The standard InChI is InChI=1S/C12H12BrN3O2/c1-2-18-12(17)10-7-15-16(11(10)14)9-5-3-4-8(13)6-9/h3-7H,2,14H2,1H3. The van der Waals surface area contributed by atoms with Crippen LogP contribution in [-0.4, -0.2) is 22.4 Å². The van der Waals surface area contributed by atoms with Gasteiger partial charge in [-0.1, -0.05) is 22.0 Å². The molecular weight excluding hydrogens is 298 g/mol. The number of nitrogens with two attached hydrogens (primary N) is 1. The van der Waals surface area contributed by atoms with Crippen molar-refractivity contribution < 1.29 is 9.53 Å². The number of ether oxygens (including phenoxy) is 1. The van der Waals surface area contributed by atoms with Gasteiger partial charge in [-0.25, -0.2) is 9.48 Å². The van der Waals surface area contributed by atoms with E-state index in [9.17, 15) is 4.79 Å². The molecule has 0 radical (unpaired) electrons. The molecule has 6 heteroatoms. The summed E-state index contributed by atoms with van der Waals surface area (Å²) in [5, 5.41) is 4.10. The Morgan fingerprint density at radius 1 is 1.56 bits per heavy atom. The van der Waals surface area contributed by atoms with Gasteiger partial charge in [0, 0.05) is 4.47 Å². The SMILES string of the molecule is CCOC(=O)c1cnn(-c2cccc(Br)c2)c1N. The molecule has 0 aliphatic carbocycles. The molecule has 0 saturated carbocycles. The molecule has 0 amide bonds. The van der Waals surface area contributed by atoms with Crippen molar-refractivity contribution in [1.29, 1.82) is 0 Å². The van der Waals surface area contributed by atoms with Crippen LogP contribution in [0.25, 0.3) is 5.69 Å². The van der Waals surface area contributed by atoms with Crippen LogP contribution in [0.15, 0.2) is 34.9 Å². The summed E-state index contributed by atoms with van der Waals surface area (Å²) in [6.07, 6.45) is 1.41. The van der Waals surface area contributed by atoms with Crippen molar-refractivity contribution in [3.8, 4) is 5.69 Å². The molecule has 0 unspecified atom stereocenters. The number of halogens is 1. The van der Waals surface area contributed by atoms with Crippen LogP contribution in [0.5, 0.6) is 0 Å². The average Bonchev–Trinajstić information content (AvgIpc) is 2.71. The molecule has 2 rings (SSSR count). The number of nitrogens with zero attached hydrogens (tertiary/aromatic N) is 2. The summed E-state index contributed by atoms with van der Waals surface area (Å²) in [6, 6.07) is 7.47. The number of aromatic nitrogens is 2. The first kappa shape index (κ1) is 12.6. The first-order chi connectivity index (χ1) is 8.63. The van der Waals surface area contributed by atoms with E-state index in [-0.39, 0.29) is 11.4 Å². The van der Waals surface area contributed by atoms with E-state index in [2.05, 4.69) is 21.0 Å². The topological polar surface area (TPSA) is 70.1 Å². The summed E-state index contributed by atoms with van der Waals surface area (Å²) < 4.78 is 7.31. The monoisotopic (exact) mass is 309 g/mol. The van der Waals surface area contributed by atoms with Crippen LogP contribution >= 0.6 is 15.9 Å². The zero-order valence-corrected chi connectivity index (χ0v) is 11.3. The van der Waals surface area contributed by atoms with Gasteiger partial charge in [-0.05, 0) is 25.1 Å². The molecule has 1 aromatic heterocycles. The minimum atomic E-state index is -0.462. The summed E-state index contributed by atoms with van der Waals surface area (Å²) in [5.74, 6) is -0.192. The molecular formula is C12H12BrN3O2. The lowest BCUT2D eigenvalue weighted by molar-refractivity contribution is 0.0527. The average molecular weight is 310 g/mol. The number of carbonyl (C=O) groups is 1. The number of anilines is 1. The van der Waals surface area contributed by atoms with Gasteiger partial charge in [-0.15, -0.1) is 0 Å². The van der Waals surface area contributed by atoms with Crippen molar-refractivity contribution >= 4 is 27.7 Å². The van der Waals surface area contributed by atoms with Crippen LogP contribution in [0.1, 0.15) is 17.3 Å². The van der Waals surface area contributed by atoms with Crippen LogP contribution in [0.3, 0.4) is 0 Å². The lowest BCUT2D eigenvalue weighted by Crippen LogP contribution is -2.08. The Morgan fingerprint density at radius 2 is 2.33 bits per heavy atom. The van der Waals surface area contributed by atoms with Gasteiger partial charge in [0.1, 0.15) is 11.4 Å². The van der Waals surface area contributed by atoms with Crippen molar-refractivity contribution in [3.05, 3.63) is 40.5 Å². The quantitative estimate of drug-likeness (QED) is 0.884. The van der Waals surface area contributed by atoms with Crippen molar-refractivity contribution in [1.82, 2.24) is 9.78 Å². The zero-order valence-electron chi connectivity index (χ0n) is 9.76. The second kappa shape index (κ2) is 5.22. The molecule has 2 N–H and O–H groups in total. The van der Waals surface area contributed by atoms with Gasteiger partial charge < -0.3 is 10.5 Å². The lowest BCUT2D eigenvalue weighted by Gasteiger charge is -2.05. The maximum absolute atomic E-state index is 11.6. The summed E-state index contributed by atoms with van der Waals surface area (Å²) >= 11 is 3.37.